The number of carbonyl (C=O) groups excluding carboxylic acids is 2. The Kier molecular flexibility index (Phi) is 11.0. The average Bonchev–Trinajstić information content (AvgIpc) is 2.90. The number of hydrogen-bond donors (Lipinski definition) is 1. The fourth-order valence-electron chi connectivity index (χ4n) is 4.86. The second kappa shape index (κ2) is 14.0. The van der Waals surface area contributed by atoms with Gasteiger partial charge < -0.3 is 10.2 Å². The summed E-state index contributed by atoms with van der Waals surface area (Å²) in [5.74, 6) is -0.419. The van der Waals surface area contributed by atoms with Crippen LogP contribution in [-0.2, 0) is 32.6 Å². The summed E-state index contributed by atoms with van der Waals surface area (Å²) in [7, 11) is -3.57. The number of carbonyl (C=O) groups is 2. The zero-order valence-electron chi connectivity index (χ0n) is 26.0. The van der Waals surface area contributed by atoms with Gasteiger partial charge in [0.1, 0.15) is 6.04 Å². The predicted octanol–water partition coefficient (Wildman–Crippen LogP) is 5.71. The van der Waals surface area contributed by atoms with Crippen molar-refractivity contribution in [3.63, 3.8) is 0 Å². The highest BCUT2D eigenvalue weighted by Crippen LogP contribution is 2.23. The van der Waals surface area contributed by atoms with Gasteiger partial charge >= 0.3 is 0 Å². The molecule has 0 aliphatic carbocycles. The van der Waals surface area contributed by atoms with E-state index in [0.29, 0.717) is 18.5 Å². The SMILES string of the molecule is Cc1ccc(N(CCCC(=O)N(Cc2ccccc2C)[C@@H](Cc2ccccc2)C(=O)NC(C)(C)C)S(C)(=O)=O)cc1C. The molecule has 0 bridgehead atoms. The summed E-state index contributed by atoms with van der Waals surface area (Å²) in [5.41, 5.74) is 5.11. The molecule has 3 aromatic rings. The molecular formula is C34H45N3O4S. The largest absolute Gasteiger partial charge is 0.350 e. The molecule has 0 spiro atoms. The van der Waals surface area contributed by atoms with Crippen LogP contribution in [0.4, 0.5) is 5.69 Å². The van der Waals surface area contributed by atoms with Gasteiger partial charge in [-0.3, -0.25) is 13.9 Å². The second-order valence-corrected chi connectivity index (χ2v) is 14.0. The molecule has 3 rings (SSSR count). The normalized spacial score (nSPS) is 12.5. The molecule has 7 nitrogen and oxygen atoms in total. The molecule has 8 heteroatoms. The van der Waals surface area contributed by atoms with E-state index in [-0.39, 0.29) is 31.3 Å². The van der Waals surface area contributed by atoms with Crippen molar-refractivity contribution >= 4 is 27.5 Å². The van der Waals surface area contributed by atoms with Crippen LogP contribution in [0.3, 0.4) is 0 Å². The van der Waals surface area contributed by atoms with Gasteiger partial charge in [0, 0.05) is 31.5 Å². The van der Waals surface area contributed by atoms with E-state index in [9.17, 15) is 18.0 Å². The van der Waals surface area contributed by atoms with Crippen LogP contribution in [-0.4, -0.2) is 49.5 Å². The molecule has 0 aromatic heterocycles. The Balaban J connectivity index is 1.92. The van der Waals surface area contributed by atoms with Gasteiger partial charge in [-0.25, -0.2) is 8.42 Å². The van der Waals surface area contributed by atoms with E-state index in [2.05, 4.69) is 5.32 Å². The van der Waals surface area contributed by atoms with Gasteiger partial charge in [-0.05, 0) is 87.9 Å². The molecule has 3 aromatic carbocycles. The van der Waals surface area contributed by atoms with E-state index >= 15 is 0 Å². The molecule has 0 saturated carbocycles. The minimum absolute atomic E-state index is 0.0941. The van der Waals surface area contributed by atoms with Crippen molar-refractivity contribution in [1.82, 2.24) is 10.2 Å². The Bertz CT molecular complexity index is 1480. The molecule has 0 heterocycles. The van der Waals surface area contributed by atoms with Crippen LogP contribution in [0.1, 0.15) is 61.4 Å². The Morgan fingerprint density at radius 2 is 1.50 bits per heavy atom. The van der Waals surface area contributed by atoms with Gasteiger partial charge in [0.15, 0.2) is 0 Å². The van der Waals surface area contributed by atoms with E-state index in [0.717, 1.165) is 27.8 Å². The molecule has 0 fully saturated rings. The van der Waals surface area contributed by atoms with E-state index in [1.54, 1.807) is 11.0 Å². The maximum absolute atomic E-state index is 14.0. The predicted molar refractivity (Wildman–Crippen MR) is 171 cm³/mol. The molecule has 1 N–H and O–H groups in total. The van der Waals surface area contributed by atoms with Crippen molar-refractivity contribution in [1.29, 1.82) is 0 Å². The summed E-state index contributed by atoms with van der Waals surface area (Å²) in [5, 5.41) is 3.08. The Hall–Kier alpha value is -3.65. The fraction of sp³-hybridized carbons (Fsp3) is 0.412. The van der Waals surface area contributed by atoms with Crippen LogP contribution in [0.25, 0.3) is 0 Å². The third kappa shape index (κ3) is 9.44. The van der Waals surface area contributed by atoms with Crippen molar-refractivity contribution in [3.05, 3.63) is 101 Å². The van der Waals surface area contributed by atoms with E-state index in [1.807, 2.05) is 108 Å². The summed E-state index contributed by atoms with van der Waals surface area (Å²) in [6.07, 6.45) is 1.94. The lowest BCUT2D eigenvalue weighted by Gasteiger charge is -2.34. The monoisotopic (exact) mass is 591 g/mol. The van der Waals surface area contributed by atoms with Gasteiger partial charge in [-0.15, -0.1) is 0 Å². The van der Waals surface area contributed by atoms with Crippen molar-refractivity contribution in [2.24, 2.45) is 0 Å². The summed E-state index contributed by atoms with van der Waals surface area (Å²) < 4.78 is 26.8. The smallest absolute Gasteiger partial charge is 0.243 e. The van der Waals surface area contributed by atoms with Crippen LogP contribution in [0.5, 0.6) is 0 Å². The molecule has 0 saturated heterocycles. The number of anilines is 1. The quantitative estimate of drug-likeness (QED) is 0.292. The summed E-state index contributed by atoms with van der Waals surface area (Å²) in [6, 6.07) is 22.3. The first-order valence-electron chi connectivity index (χ1n) is 14.4. The van der Waals surface area contributed by atoms with Crippen LogP contribution in [0.2, 0.25) is 0 Å². The van der Waals surface area contributed by atoms with Gasteiger partial charge in [0.2, 0.25) is 21.8 Å². The van der Waals surface area contributed by atoms with Crippen LogP contribution in [0.15, 0.2) is 72.8 Å². The highest BCUT2D eigenvalue weighted by atomic mass is 32.2. The Labute approximate surface area is 252 Å². The van der Waals surface area contributed by atoms with Crippen molar-refractivity contribution < 1.29 is 18.0 Å². The van der Waals surface area contributed by atoms with Crippen molar-refractivity contribution in [2.45, 2.75) is 78.9 Å². The molecule has 42 heavy (non-hydrogen) atoms. The molecule has 226 valence electrons. The first kappa shape index (κ1) is 32.9. The maximum Gasteiger partial charge on any atom is 0.243 e. The lowest BCUT2D eigenvalue weighted by atomic mass is 9.99. The van der Waals surface area contributed by atoms with Crippen LogP contribution >= 0.6 is 0 Å². The highest BCUT2D eigenvalue weighted by Gasteiger charge is 2.32. The second-order valence-electron chi connectivity index (χ2n) is 12.1. The average molecular weight is 592 g/mol. The third-order valence-corrected chi connectivity index (χ3v) is 8.50. The standard InChI is InChI=1S/C34H45N3O4S/c1-25-19-20-30(22-27(25)3)37(42(7,40)41)21-13-18-32(38)36(24-29-17-12-11-14-26(29)2)31(33(39)35-34(4,5)6)23-28-15-9-8-10-16-28/h8-12,14-17,19-20,22,31H,13,18,21,23-24H2,1-7H3,(H,35,39)/t31-/m0/s1. The molecular weight excluding hydrogens is 546 g/mol. The summed E-state index contributed by atoms with van der Waals surface area (Å²) in [6.45, 7) is 12.1. The first-order valence-corrected chi connectivity index (χ1v) is 16.3. The molecule has 0 radical (unpaired) electrons. The minimum atomic E-state index is -3.57. The van der Waals surface area contributed by atoms with Gasteiger partial charge in [-0.2, -0.15) is 0 Å². The van der Waals surface area contributed by atoms with Crippen LogP contribution < -0.4 is 9.62 Å². The van der Waals surface area contributed by atoms with Crippen molar-refractivity contribution in [2.75, 3.05) is 17.1 Å². The molecule has 0 unspecified atom stereocenters. The number of nitrogens with one attached hydrogen (secondary N) is 1. The van der Waals surface area contributed by atoms with Gasteiger partial charge in [0.25, 0.3) is 0 Å². The number of rotatable bonds is 12. The number of sulfonamides is 1. The maximum atomic E-state index is 14.0. The Morgan fingerprint density at radius 3 is 2.10 bits per heavy atom. The van der Waals surface area contributed by atoms with E-state index < -0.39 is 21.6 Å². The summed E-state index contributed by atoms with van der Waals surface area (Å²) >= 11 is 0. The van der Waals surface area contributed by atoms with Crippen molar-refractivity contribution in [3.8, 4) is 0 Å². The molecule has 0 aliphatic rings. The number of nitrogens with zero attached hydrogens (tertiary/aromatic N) is 2. The fourth-order valence-corrected chi connectivity index (χ4v) is 5.82. The van der Waals surface area contributed by atoms with Gasteiger partial charge in [-0.1, -0.05) is 60.7 Å². The Morgan fingerprint density at radius 1 is 0.857 bits per heavy atom. The molecule has 1 atom stereocenters. The highest BCUT2D eigenvalue weighted by molar-refractivity contribution is 7.92. The zero-order valence-corrected chi connectivity index (χ0v) is 26.8. The number of amides is 2. The molecule has 2 amide bonds. The van der Waals surface area contributed by atoms with Gasteiger partial charge in [0.05, 0.1) is 11.9 Å². The van der Waals surface area contributed by atoms with E-state index in [1.165, 1.54) is 10.6 Å². The lowest BCUT2D eigenvalue weighted by molar-refractivity contribution is -0.142. The zero-order chi connectivity index (χ0) is 31.1. The summed E-state index contributed by atoms with van der Waals surface area (Å²) in [4.78, 5) is 29.4. The third-order valence-electron chi connectivity index (χ3n) is 7.30. The number of benzene rings is 3. The number of aryl methyl sites for hydroxylation is 3. The first-order chi connectivity index (χ1) is 19.7. The van der Waals surface area contributed by atoms with E-state index in [4.69, 9.17) is 0 Å². The molecule has 0 aliphatic heterocycles. The topological polar surface area (TPSA) is 86.8 Å². The lowest BCUT2D eigenvalue weighted by Crippen LogP contribution is -2.54. The van der Waals surface area contributed by atoms with Crippen LogP contribution in [0, 0.1) is 20.8 Å². The minimum Gasteiger partial charge on any atom is -0.350 e. The number of hydrogen-bond acceptors (Lipinski definition) is 4.